The molecule has 2 aliphatic heterocycles. The number of hydrogen-bond donors (Lipinski definition) is 1. The van der Waals surface area contributed by atoms with Gasteiger partial charge in [0.2, 0.25) is 0 Å². The molecular formula is C17H25N3. The van der Waals surface area contributed by atoms with Crippen LogP contribution in [0.2, 0.25) is 0 Å². The van der Waals surface area contributed by atoms with Crippen LogP contribution in [0.5, 0.6) is 0 Å². The van der Waals surface area contributed by atoms with Crippen LogP contribution < -0.4 is 5.32 Å². The molecule has 2 heterocycles. The Kier molecular flexibility index (Phi) is 3.51. The molecule has 0 bridgehead atoms. The minimum Gasteiger partial charge on any atom is -0.314 e. The Morgan fingerprint density at radius 2 is 1.65 bits per heavy atom. The first-order valence-corrected chi connectivity index (χ1v) is 8.14. The molecule has 3 nitrogen and oxygen atoms in total. The van der Waals surface area contributed by atoms with E-state index >= 15 is 0 Å². The van der Waals surface area contributed by atoms with Gasteiger partial charge in [-0.2, -0.15) is 0 Å². The van der Waals surface area contributed by atoms with Crippen LogP contribution in [-0.2, 0) is 6.54 Å². The van der Waals surface area contributed by atoms with Gasteiger partial charge in [-0.25, -0.2) is 0 Å². The summed E-state index contributed by atoms with van der Waals surface area (Å²) in [6.45, 7) is 8.45. The Morgan fingerprint density at radius 1 is 0.950 bits per heavy atom. The van der Waals surface area contributed by atoms with Crippen LogP contribution in [0, 0.1) is 0 Å². The topological polar surface area (TPSA) is 18.5 Å². The molecule has 1 saturated carbocycles. The van der Waals surface area contributed by atoms with Crippen molar-refractivity contribution < 1.29 is 0 Å². The summed E-state index contributed by atoms with van der Waals surface area (Å²) in [5.41, 5.74) is 3.03. The second-order valence-corrected chi connectivity index (χ2v) is 6.64. The lowest BCUT2D eigenvalue weighted by Crippen LogP contribution is -2.61. The zero-order valence-electron chi connectivity index (χ0n) is 12.2. The molecule has 0 amide bonds. The number of rotatable bonds is 4. The van der Waals surface area contributed by atoms with E-state index < -0.39 is 0 Å². The summed E-state index contributed by atoms with van der Waals surface area (Å²) >= 11 is 0. The summed E-state index contributed by atoms with van der Waals surface area (Å²) in [4.78, 5) is 5.26. The fraction of sp³-hybridized carbons (Fsp3) is 0.647. The second kappa shape index (κ2) is 5.47. The molecule has 0 atom stereocenters. The van der Waals surface area contributed by atoms with Crippen LogP contribution in [0.4, 0.5) is 0 Å². The van der Waals surface area contributed by atoms with Crippen LogP contribution >= 0.6 is 0 Å². The Labute approximate surface area is 121 Å². The smallest absolute Gasteiger partial charge is 0.0346 e. The molecule has 2 saturated heterocycles. The maximum absolute atomic E-state index is 3.37. The van der Waals surface area contributed by atoms with Crippen molar-refractivity contribution in [2.24, 2.45) is 0 Å². The van der Waals surface area contributed by atoms with Crippen LogP contribution in [0.1, 0.15) is 29.9 Å². The first-order chi connectivity index (χ1) is 9.88. The van der Waals surface area contributed by atoms with Crippen LogP contribution in [0.15, 0.2) is 24.3 Å². The van der Waals surface area contributed by atoms with E-state index in [0.29, 0.717) is 0 Å². The third-order valence-electron chi connectivity index (χ3n) is 5.12. The molecular weight excluding hydrogens is 246 g/mol. The van der Waals surface area contributed by atoms with Crippen molar-refractivity contribution in [1.82, 2.24) is 15.1 Å². The van der Waals surface area contributed by atoms with Crippen molar-refractivity contribution in [3.63, 3.8) is 0 Å². The van der Waals surface area contributed by atoms with E-state index in [0.717, 1.165) is 18.5 Å². The van der Waals surface area contributed by atoms with Gasteiger partial charge in [-0.15, -0.1) is 0 Å². The average Bonchev–Trinajstić information content (AvgIpc) is 3.24. The van der Waals surface area contributed by atoms with Crippen molar-refractivity contribution in [2.45, 2.75) is 31.3 Å². The highest BCUT2D eigenvalue weighted by atomic mass is 15.3. The van der Waals surface area contributed by atoms with Gasteiger partial charge >= 0.3 is 0 Å². The fourth-order valence-corrected chi connectivity index (χ4v) is 3.39. The van der Waals surface area contributed by atoms with Gasteiger partial charge < -0.3 is 5.32 Å². The second-order valence-electron chi connectivity index (χ2n) is 6.64. The lowest BCUT2D eigenvalue weighted by atomic mass is 10.1. The molecule has 0 radical (unpaired) electrons. The summed E-state index contributed by atoms with van der Waals surface area (Å²) < 4.78 is 0. The highest BCUT2D eigenvalue weighted by Gasteiger charge is 2.27. The van der Waals surface area contributed by atoms with Crippen LogP contribution in [0.3, 0.4) is 0 Å². The molecule has 1 aliphatic carbocycles. The predicted octanol–water partition coefficient (Wildman–Crippen LogP) is 1.65. The normalized spacial score (nSPS) is 25.6. The third-order valence-corrected chi connectivity index (χ3v) is 5.12. The van der Waals surface area contributed by atoms with Crippen molar-refractivity contribution in [3.8, 4) is 0 Å². The lowest BCUT2D eigenvalue weighted by molar-refractivity contribution is 0.0695. The zero-order chi connectivity index (χ0) is 13.4. The van der Waals surface area contributed by atoms with E-state index in [1.807, 2.05) is 0 Å². The Hall–Kier alpha value is -0.900. The zero-order valence-corrected chi connectivity index (χ0v) is 12.2. The summed E-state index contributed by atoms with van der Waals surface area (Å²) in [7, 11) is 0. The van der Waals surface area contributed by atoms with E-state index in [1.165, 1.54) is 57.7 Å². The molecule has 4 rings (SSSR count). The lowest BCUT2D eigenvalue weighted by Gasteiger charge is -2.43. The van der Waals surface area contributed by atoms with Gasteiger partial charge in [-0.05, 0) is 29.9 Å². The molecule has 108 valence electrons. The number of hydrogen-bond acceptors (Lipinski definition) is 3. The first kappa shape index (κ1) is 12.8. The van der Waals surface area contributed by atoms with Gasteiger partial charge in [-0.1, -0.05) is 24.3 Å². The minimum atomic E-state index is 0.815. The maximum Gasteiger partial charge on any atom is 0.0346 e. The summed E-state index contributed by atoms with van der Waals surface area (Å²) in [6, 6.07) is 10.2. The molecule has 3 aliphatic rings. The van der Waals surface area contributed by atoms with Crippen molar-refractivity contribution >= 4 is 0 Å². The monoisotopic (exact) mass is 271 g/mol. The van der Waals surface area contributed by atoms with E-state index in [-0.39, 0.29) is 0 Å². The molecule has 0 unspecified atom stereocenters. The Morgan fingerprint density at radius 3 is 2.20 bits per heavy atom. The molecule has 0 spiro atoms. The standard InChI is InChI=1S/C17H25N3/c1-3-15(16-5-6-16)4-2-14(1)13-19-7-9-20(10-8-19)17-11-18-12-17/h1-4,16-18H,5-13H2. The van der Waals surface area contributed by atoms with Gasteiger partial charge in [0.05, 0.1) is 0 Å². The summed E-state index contributed by atoms with van der Waals surface area (Å²) in [6.07, 6.45) is 2.80. The molecule has 0 aromatic heterocycles. The van der Waals surface area contributed by atoms with E-state index in [4.69, 9.17) is 0 Å². The molecule has 1 aromatic rings. The number of nitrogens with zero attached hydrogens (tertiary/aromatic N) is 2. The van der Waals surface area contributed by atoms with Crippen molar-refractivity contribution in [3.05, 3.63) is 35.4 Å². The van der Waals surface area contributed by atoms with Gasteiger partial charge in [0.25, 0.3) is 0 Å². The van der Waals surface area contributed by atoms with Crippen LogP contribution in [-0.4, -0.2) is 55.1 Å². The summed E-state index contributed by atoms with van der Waals surface area (Å²) in [5.74, 6) is 0.878. The molecule has 1 N–H and O–H groups in total. The van der Waals surface area contributed by atoms with E-state index in [1.54, 1.807) is 5.56 Å². The molecule has 20 heavy (non-hydrogen) atoms. The largest absolute Gasteiger partial charge is 0.314 e. The summed E-state index contributed by atoms with van der Waals surface area (Å²) in [5, 5.41) is 3.37. The molecule has 3 heteroatoms. The minimum absolute atomic E-state index is 0.815. The Bertz CT molecular complexity index is 440. The Balaban J connectivity index is 1.28. The predicted molar refractivity (Wildman–Crippen MR) is 81.9 cm³/mol. The average molecular weight is 271 g/mol. The van der Waals surface area contributed by atoms with E-state index in [9.17, 15) is 0 Å². The number of benzene rings is 1. The highest BCUT2D eigenvalue weighted by molar-refractivity contribution is 5.28. The third kappa shape index (κ3) is 2.76. The van der Waals surface area contributed by atoms with Gasteiger partial charge in [0, 0.05) is 51.9 Å². The maximum atomic E-state index is 3.37. The van der Waals surface area contributed by atoms with Gasteiger partial charge in [0.1, 0.15) is 0 Å². The first-order valence-electron chi connectivity index (χ1n) is 8.14. The highest BCUT2D eigenvalue weighted by Crippen LogP contribution is 2.39. The van der Waals surface area contributed by atoms with Crippen molar-refractivity contribution in [2.75, 3.05) is 39.3 Å². The number of nitrogens with one attached hydrogen (secondary N) is 1. The fourth-order valence-electron chi connectivity index (χ4n) is 3.39. The van der Waals surface area contributed by atoms with E-state index in [2.05, 4.69) is 39.4 Å². The van der Waals surface area contributed by atoms with Crippen molar-refractivity contribution in [1.29, 1.82) is 0 Å². The quantitative estimate of drug-likeness (QED) is 0.898. The number of piperazine rings is 1. The SMILES string of the molecule is c1cc(C2CC2)ccc1CN1CCN(C2CNC2)CC1. The van der Waals surface area contributed by atoms with Gasteiger partial charge in [-0.3, -0.25) is 9.80 Å². The molecule has 3 fully saturated rings. The van der Waals surface area contributed by atoms with Crippen LogP contribution in [0.25, 0.3) is 0 Å². The van der Waals surface area contributed by atoms with Gasteiger partial charge in [0.15, 0.2) is 0 Å². The molecule has 1 aromatic carbocycles.